The van der Waals surface area contributed by atoms with Gasteiger partial charge in [0.25, 0.3) is 0 Å². The molecule has 0 spiro atoms. The molecule has 0 N–H and O–H groups in total. The molecule has 1 aromatic heterocycles. The van der Waals surface area contributed by atoms with Crippen molar-refractivity contribution in [3.8, 4) is 0 Å². The molecular formula is C10H14ClN3O2S. The minimum atomic E-state index is -0.0939. The van der Waals surface area contributed by atoms with Gasteiger partial charge in [0.1, 0.15) is 5.01 Å². The number of ether oxygens (including phenoxy) is 1. The highest BCUT2D eigenvalue weighted by Gasteiger charge is 2.25. The zero-order valence-electron chi connectivity index (χ0n) is 9.56. The molecule has 0 radical (unpaired) electrons. The number of rotatable bonds is 3. The first-order valence-corrected chi connectivity index (χ1v) is 6.66. The van der Waals surface area contributed by atoms with Crippen LogP contribution in [0.3, 0.4) is 0 Å². The van der Waals surface area contributed by atoms with Gasteiger partial charge in [0.05, 0.1) is 19.6 Å². The molecule has 2 heterocycles. The molecule has 0 unspecified atom stereocenters. The van der Waals surface area contributed by atoms with E-state index in [9.17, 15) is 4.79 Å². The fraction of sp³-hybridized carbons (Fsp3) is 0.700. The summed E-state index contributed by atoms with van der Waals surface area (Å²) in [6.45, 7) is 2.53. The molecule has 0 saturated carbocycles. The van der Waals surface area contributed by atoms with E-state index in [1.807, 2.05) is 0 Å². The molecule has 7 heteroatoms. The highest BCUT2D eigenvalue weighted by molar-refractivity contribution is 7.15. The summed E-state index contributed by atoms with van der Waals surface area (Å²) >= 11 is 7.13. The standard InChI is InChI=1S/C10H14ClN3O2S/c1-16-9(15)7-2-4-14(5-3-7)6-8-12-13-10(11)17-8/h7H,2-6H2,1H3. The first-order valence-electron chi connectivity index (χ1n) is 5.47. The Morgan fingerprint density at radius 3 is 2.76 bits per heavy atom. The smallest absolute Gasteiger partial charge is 0.308 e. The van der Waals surface area contributed by atoms with Crippen molar-refractivity contribution in [2.45, 2.75) is 19.4 Å². The van der Waals surface area contributed by atoms with E-state index in [2.05, 4.69) is 15.1 Å². The second-order valence-electron chi connectivity index (χ2n) is 4.02. The Labute approximate surface area is 109 Å². The van der Waals surface area contributed by atoms with Crippen LogP contribution >= 0.6 is 22.9 Å². The topological polar surface area (TPSA) is 55.3 Å². The average molecular weight is 276 g/mol. The van der Waals surface area contributed by atoms with Crippen molar-refractivity contribution in [3.63, 3.8) is 0 Å². The Kier molecular flexibility index (Phi) is 4.31. The molecular weight excluding hydrogens is 262 g/mol. The lowest BCUT2D eigenvalue weighted by Crippen LogP contribution is -2.36. The molecule has 1 aliphatic heterocycles. The summed E-state index contributed by atoms with van der Waals surface area (Å²) in [6, 6.07) is 0. The minimum absolute atomic E-state index is 0.0502. The number of methoxy groups -OCH3 is 1. The quantitative estimate of drug-likeness (QED) is 0.784. The van der Waals surface area contributed by atoms with Gasteiger partial charge in [-0.3, -0.25) is 9.69 Å². The predicted molar refractivity (Wildman–Crippen MR) is 64.9 cm³/mol. The number of piperidine rings is 1. The molecule has 0 atom stereocenters. The first-order chi connectivity index (χ1) is 8.19. The SMILES string of the molecule is COC(=O)C1CCN(Cc2nnc(Cl)s2)CC1. The first kappa shape index (κ1) is 12.7. The van der Waals surface area contributed by atoms with E-state index >= 15 is 0 Å². The summed E-state index contributed by atoms with van der Waals surface area (Å²) in [5.74, 6) is -0.0436. The van der Waals surface area contributed by atoms with Crippen LogP contribution < -0.4 is 0 Å². The molecule has 0 amide bonds. The van der Waals surface area contributed by atoms with Crippen molar-refractivity contribution >= 4 is 28.9 Å². The summed E-state index contributed by atoms with van der Waals surface area (Å²) in [6.07, 6.45) is 1.69. The molecule has 17 heavy (non-hydrogen) atoms. The van der Waals surface area contributed by atoms with E-state index in [4.69, 9.17) is 16.3 Å². The third-order valence-corrected chi connectivity index (χ3v) is 3.93. The average Bonchev–Trinajstić information content (AvgIpc) is 2.75. The van der Waals surface area contributed by atoms with Crippen molar-refractivity contribution in [1.29, 1.82) is 0 Å². The molecule has 1 fully saturated rings. The van der Waals surface area contributed by atoms with Gasteiger partial charge < -0.3 is 4.74 Å². The Bertz CT molecular complexity index is 391. The van der Waals surface area contributed by atoms with Gasteiger partial charge in [0, 0.05) is 0 Å². The lowest BCUT2D eigenvalue weighted by atomic mass is 9.97. The van der Waals surface area contributed by atoms with E-state index in [0.29, 0.717) is 4.47 Å². The number of nitrogens with zero attached hydrogens (tertiary/aromatic N) is 3. The Balaban J connectivity index is 1.81. The van der Waals surface area contributed by atoms with Crippen molar-refractivity contribution < 1.29 is 9.53 Å². The summed E-state index contributed by atoms with van der Waals surface area (Å²) in [5, 5.41) is 8.68. The zero-order chi connectivity index (χ0) is 12.3. The largest absolute Gasteiger partial charge is 0.469 e. The zero-order valence-corrected chi connectivity index (χ0v) is 11.1. The molecule has 5 nitrogen and oxygen atoms in total. The molecule has 1 aliphatic rings. The number of halogens is 1. The van der Waals surface area contributed by atoms with E-state index in [-0.39, 0.29) is 11.9 Å². The van der Waals surface area contributed by atoms with Crippen molar-refractivity contribution in [2.24, 2.45) is 5.92 Å². The van der Waals surface area contributed by atoms with Gasteiger partial charge in [0.2, 0.25) is 4.47 Å². The number of esters is 1. The van der Waals surface area contributed by atoms with Crippen LogP contribution in [0.1, 0.15) is 17.8 Å². The Morgan fingerprint density at radius 1 is 1.53 bits per heavy atom. The highest BCUT2D eigenvalue weighted by Crippen LogP contribution is 2.22. The van der Waals surface area contributed by atoms with Gasteiger partial charge in [-0.05, 0) is 37.5 Å². The molecule has 1 saturated heterocycles. The lowest BCUT2D eigenvalue weighted by Gasteiger charge is -2.29. The summed E-state index contributed by atoms with van der Waals surface area (Å²) < 4.78 is 5.23. The van der Waals surface area contributed by atoms with E-state index < -0.39 is 0 Å². The molecule has 0 aromatic carbocycles. The van der Waals surface area contributed by atoms with E-state index in [0.717, 1.165) is 37.5 Å². The van der Waals surface area contributed by atoms with Crippen LogP contribution in [0.15, 0.2) is 0 Å². The third kappa shape index (κ3) is 3.37. The summed E-state index contributed by atoms with van der Waals surface area (Å²) in [4.78, 5) is 13.6. The fourth-order valence-corrected chi connectivity index (χ4v) is 2.89. The van der Waals surface area contributed by atoms with Crippen LogP contribution in [0, 0.1) is 5.92 Å². The highest BCUT2D eigenvalue weighted by atomic mass is 35.5. The Morgan fingerprint density at radius 2 is 2.24 bits per heavy atom. The van der Waals surface area contributed by atoms with Crippen LogP contribution in [0.4, 0.5) is 0 Å². The monoisotopic (exact) mass is 275 g/mol. The fourth-order valence-electron chi connectivity index (χ4n) is 1.98. The predicted octanol–water partition coefficient (Wildman–Crippen LogP) is 1.58. The van der Waals surface area contributed by atoms with Crippen LogP contribution in [-0.4, -0.2) is 41.3 Å². The maximum absolute atomic E-state index is 11.4. The maximum Gasteiger partial charge on any atom is 0.308 e. The van der Waals surface area contributed by atoms with Crippen LogP contribution in [-0.2, 0) is 16.1 Å². The minimum Gasteiger partial charge on any atom is -0.469 e. The number of carbonyl (C=O) groups excluding carboxylic acids is 1. The molecule has 0 aliphatic carbocycles. The van der Waals surface area contributed by atoms with Crippen molar-refractivity contribution in [2.75, 3.05) is 20.2 Å². The van der Waals surface area contributed by atoms with Crippen molar-refractivity contribution in [3.05, 3.63) is 9.47 Å². The van der Waals surface area contributed by atoms with Crippen LogP contribution in [0.5, 0.6) is 0 Å². The number of carbonyl (C=O) groups is 1. The Hall–Kier alpha value is -0.720. The number of aromatic nitrogens is 2. The third-order valence-electron chi connectivity index (χ3n) is 2.92. The van der Waals surface area contributed by atoms with Gasteiger partial charge in [-0.15, -0.1) is 10.2 Å². The number of likely N-dealkylation sites (tertiary alicyclic amines) is 1. The summed E-state index contributed by atoms with van der Waals surface area (Å²) in [7, 11) is 1.44. The molecule has 2 rings (SSSR count). The number of hydrogen-bond acceptors (Lipinski definition) is 6. The summed E-state index contributed by atoms with van der Waals surface area (Å²) in [5.41, 5.74) is 0. The van der Waals surface area contributed by atoms with Gasteiger partial charge in [-0.25, -0.2) is 0 Å². The lowest BCUT2D eigenvalue weighted by molar-refractivity contribution is -0.147. The van der Waals surface area contributed by atoms with Crippen LogP contribution in [0.2, 0.25) is 4.47 Å². The second kappa shape index (κ2) is 5.75. The van der Waals surface area contributed by atoms with Gasteiger partial charge in [-0.1, -0.05) is 11.3 Å². The van der Waals surface area contributed by atoms with E-state index in [1.54, 1.807) is 0 Å². The molecule has 0 bridgehead atoms. The van der Waals surface area contributed by atoms with Gasteiger partial charge in [-0.2, -0.15) is 0 Å². The maximum atomic E-state index is 11.4. The van der Waals surface area contributed by atoms with Crippen LogP contribution in [0.25, 0.3) is 0 Å². The number of hydrogen-bond donors (Lipinski definition) is 0. The van der Waals surface area contributed by atoms with Crippen molar-refractivity contribution in [1.82, 2.24) is 15.1 Å². The van der Waals surface area contributed by atoms with E-state index in [1.165, 1.54) is 18.4 Å². The molecule has 94 valence electrons. The normalized spacial score (nSPS) is 18.2. The van der Waals surface area contributed by atoms with Gasteiger partial charge >= 0.3 is 5.97 Å². The second-order valence-corrected chi connectivity index (χ2v) is 5.67. The molecule has 1 aromatic rings. The van der Waals surface area contributed by atoms with Gasteiger partial charge in [0.15, 0.2) is 0 Å².